The van der Waals surface area contributed by atoms with E-state index in [1.165, 1.54) is 23.6 Å². The lowest BCUT2D eigenvalue weighted by molar-refractivity contribution is 0.368. The highest BCUT2D eigenvalue weighted by Crippen LogP contribution is 2.46. The zero-order valence-electron chi connectivity index (χ0n) is 16.9. The number of aromatic nitrogens is 6. The van der Waals surface area contributed by atoms with Crippen LogP contribution in [0.25, 0.3) is 11.2 Å². The van der Waals surface area contributed by atoms with Gasteiger partial charge < -0.3 is 14.0 Å². The molecule has 0 N–H and O–H groups in total. The molecule has 1 saturated carbocycles. The maximum atomic E-state index is 12.1. The second-order valence-corrected chi connectivity index (χ2v) is 7.83. The van der Waals surface area contributed by atoms with Crippen LogP contribution in [-0.2, 0) is 13.6 Å². The van der Waals surface area contributed by atoms with Crippen molar-refractivity contribution in [2.75, 3.05) is 18.0 Å². The van der Waals surface area contributed by atoms with Crippen LogP contribution in [0.5, 0.6) is 0 Å². The molecule has 1 aliphatic heterocycles. The molecular weight excluding hydrogens is 396 g/mol. The number of rotatable bonds is 3. The topological polar surface area (TPSA) is 119 Å². The van der Waals surface area contributed by atoms with Gasteiger partial charge in [0.15, 0.2) is 17.5 Å². The fraction of sp³-hybridized carbons (Fsp3) is 0.333. The van der Waals surface area contributed by atoms with Crippen LogP contribution in [0.2, 0.25) is 0 Å². The molecule has 156 valence electrons. The van der Waals surface area contributed by atoms with E-state index in [0.29, 0.717) is 17.1 Å². The highest BCUT2D eigenvalue weighted by molar-refractivity contribution is 5.68. The van der Waals surface area contributed by atoms with Gasteiger partial charge in [-0.25, -0.2) is 9.97 Å². The maximum Gasteiger partial charge on any atom is 0.280 e. The van der Waals surface area contributed by atoms with Gasteiger partial charge >= 0.3 is 0 Å². The number of hydrogen-bond donors (Lipinski definition) is 0. The number of benzene rings is 1. The Labute approximate surface area is 177 Å². The van der Waals surface area contributed by atoms with Gasteiger partial charge in [-0.3, -0.25) is 9.36 Å². The van der Waals surface area contributed by atoms with E-state index in [1.807, 2.05) is 18.2 Å². The summed E-state index contributed by atoms with van der Waals surface area (Å²) >= 11 is 0. The highest BCUT2D eigenvalue weighted by Gasteiger charge is 2.45. The van der Waals surface area contributed by atoms with E-state index in [0.717, 1.165) is 36.2 Å². The predicted octanol–water partition coefficient (Wildman–Crippen LogP) is 1.58. The third-order valence-corrected chi connectivity index (χ3v) is 5.76. The SMILES string of the molecule is Cn1cnc2ncn(Cc3ncno3)c(=O)c21.N#Cc1ccccc1N1C[C@H]2C[C@H]2C1. The summed E-state index contributed by atoms with van der Waals surface area (Å²) in [5.41, 5.74) is 2.63. The van der Waals surface area contributed by atoms with Gasteiger partial charge in [0.25, 0.3) is 5.56 Å². The van der Waals surface area contributed by atoms with Crippen molar-refractivity contribution < 1.29 is 4.52 Å². The van der Waals surface area contributed by atoms with E-state index in [2.05, 4.69) is 37.1 Å². The molecule has 31 heavy (non-hydrogen) atoms. The second kappa shape index (κ2) is 7.68. The summed E-state index contributed by atoms with van der Waals surface area (Å²) in [6.45, 7) is 2.51. The number of nitrogens with zero attached hydrogens (tertiary/aromatic N) is 8. The summed E-state index contributed by atoms with van der Waals surface area (Å²) < 4.78 is 7.88. The van der Waals surface area contributed by atoms with Crippen molar-refractivity contribution in [3.8, 4) is 6.07 Å². The third kappa shape index (κ3) is 3.66. The summed E-state index contributed by atoms with van der Waals surface area (Å²) in [6.07, 6.45) is 5.67. The third-order valence-electron chi connectivity index (χ3n) is 5.76. The average Bonchev–Trinajstić information content (AvgIpc) is 3.18. The van der Waals surface area contributed by atoms with E-state index >= 15 is 0 Å². The van der Waals surface area contributed by atoms with E-state index in [-0.39, 0.29) is 12.1 Å². The number of imidazole rings is 1. The number of para-hydroxylation sites is 1. The van der Waals surface area contributed by atoms with Crippen LogP contribution in [0.15, 0.2) is 52.6 Å². The Hall–Kier alpha value is -4.00. The van der Waals surface area contributed by atoms with Crippen molar-refractivity contribution in [2.45, 2.75) is 13.0 Å². The van der Waals surface area contributed by atoms with Gasteiger partial charge in [-0.05, 0) is 30.4 Å². The molecule has 0 unspecified atom stereocenters. The highest BCUT2D eigenvalue weighted by atomic mass is 16.5. The van der Waals surface area contributed by atoms with E-state index in [1.54, 1.807) is 17.9 Å². The minimum absolute atomic E-state index is 0.187. The van der Waals surface area contributed by atoms with Crippen molar-refractivity contribution >= 4 is 16.9 Å². The zero-order chi connectivity index (χ0) is 21.4. The van der Waals surface area contributed by atoms with Gasteiger partial charge in [-0.2, -0.15) is 10.2 Å². The summed E-state index contributed by atoms with van der Waals surface area (Å²) in [7, 11) is 1.75. The molecule has 4 aromatic rings. The molecule has 4 heterocycles. The first kappa shape index (κ1) is 19.0. The molecule has 10 nitrogen and oxygen atoms in total. The Morgan fingerprint density at radius 2 is 1.94 bits per heavy atom. The van der Waals surface area contributed by atoms with Crippen molar-refractivity contribution in [3.05, 3.63) is 65.1 Å². The van der Waals surface area contributed by atoms with Gasteiger partial charge in [0.2, 0.25) is 5.89 Å². The Balaban J connectivity index is 0.000000134. The van der Waals surface area contributed by atoms with Crippen LogP contribution in [0, 0.1) is 23.2 Å². The largest absolute Gasteiger partial charge is 0.370 e. The van der Waals surface area contributed by atoms with Crippen LogP contribution in [0.3, 0.4) is 0 Å². The fourth-order valence-electron chi connectivity index (χ4n) is 4.03. The summed E-state index contributed by atoms with van der Waals surface area (Å²) in [4.78, 5) is 26.4. The maximum absolute atomic E-state index is 12.1. The minimum atomic E-state index is -0.187. The number of nitriles is 1. The van der Waals surface area contributed by atoms with E-state index < -0.39 is 0 Å². The first-order valence-electron chi connectivity index (χ1n) is 10.00. The number of fused-ring (bicyclic) bond motifs is 2. The molecule has 0 spiro atoms. The normalized spacial score (nSPS) is 18.9. The van der Waals surface area contributed by atoms with Crippen molar-refractivity contribution in [2.24, 2.45) is 18.9 Å². The Bertz CT molecular complexity index is 1310. The summed E-state index contributed by atoms with van der Waals surface area (Å²) in [6, 6.07) is 10.2. The van der Waals surface area contributed by atoms with E-state index in [4.69, 9.17) is 9.78 Å². The molecule has 3 aromatic heterocycles. The molecule has 1 saturated heterocycles. The lowest BCUT2D eigenvalue weighted by atomic mass is 10.2. The van der Waals surface area contributed by atoms with Crippen molar-refractivity contribution in [1.82, 2.24) is 29.2 Å². The fourth-order valence-corrected chi connectivity index (χ4v) is 4.03. The predicted molar refractivity (Wildman–Crippen MR) is 111 cm³/mol. The number of aryl methyl sites for hydroxylation is 1. The Kier molecular flexibility index (Phi) is 4.71. The molecule has 0 radical (unpaired) electrons. The lowest BCUT2D eigenvalue weighted by Gasteiger charge is -2.21. The lowest BCUT2D eigenvalue weighted by Crippen LogP contribution is -2.22. The van der Waals surface area contributed by atoms with Gasteiger partial charge in [0.1, 0.15) is 18.9 Å². The van der Waals surface area contributed by atoms with Gasteiger partial charge in [-0.1, -0.05) is 17.3 Å². The molecule has 1 aliphatic carbocycles. The van der Waals surface area contributed by atoms with Gasteiger partial charge in [-0.15, -0.1) is 0 Å². The Morgan fingerprint density at radius 1 is 1.16 bits per heavy atom. The van der Waals surface area contributed by atoms with Gasteiger partial charge in [0.05, 0.1) is 17.6 Å². The van der Waals surface area contributed by atoms with Crippen molar-refractivity contribution in [3.63, 3.8) is 0 Å². The standard InChI is InChI=1S/C12H12N2.C9H8N6O2/c13-6-9-3-1-2-4-12(9)14-7-10-5-11(10)8-14;1-14-4-11-8-7(14)9(16)15(5-12-8)2-6-10-3-13-17-6/h1-4,10-11H,5,7-8H2;3-5H,2H2,1H3/t10-,11+;. The minimum Gasteiger partial charge on any atom is -0.370 e. The molecular formula is C21H20N8O2. The second-order valence-electron chi connectivity index (χ2n) is 7.83. The molecule has 0 amide bonds. The smallest absolute Gasteiger partial charge is 0.280 e. The number of piperidine rings is 1. The zero-order valence-corrected chi connectivity index (χ0v) is 16.9. The number of anilines is 1. The first-order chi connectivity index (χ1) is 15.1. The Morgan fingerprint density at radius 3 is 2.68 bits per heavy atom. The van der Waals surface area contributed by atoms with Crippen LogP contribution >= 0.6 is 0 Å². The monoisotopic (exact) mass is 416 g/mol. The van der Waals surface area contributed by atoms with Gasteiger partial charge in [0, 0.05) is 20.1 Å². The van der Waals surface area contributed by atoms with Crippen molar-refractivity contribution in [1.29, 1.82) is 5.26 Å². The molecule has 6 rings (SSSR count). The molecule has 1 aromatic carbocycles. The first-order valence-corrected chi connectivity index (χ1v) is 10.00. The van der Waals surface area contributed by atoms with Crippen LogP contribution < -0.4 is 10.5 Å². The summed E-state index contributed by atoms with van der Waals surface area (Å²) in [5.74, 6) is 2.19. The average molecular weight is 416 g/mol. The molecule has 10 heteroatoms. The summed E-state index contributed by atoms with van der Waals surface area (Å²) in [5, 5.41) is 12.5. The van der Waals surface area contributed by atoms with E-state index in [9.17, 15) is 4.79 Å². The van der Waals surface area contributed by atoms with Crippen LogP contribution in [0.4, 0.5) is 5.69 Å². The van der Waals surface area contributed by atoms with Crippen LogP contribution in [0.1, 0.15) is 17.9 Å². The quantitative estimate of drug-likeness (QED) is 0.494. The molecule has 2 fully saturated rings. The molecule has 0 bridgehead atoms. The molecule has 2 atom stereocenters. The number of hydrogen-bond acceptors (Lipinski definition) is 8. The van der Waals surface area contributed by atoms with Crippen LogP contribution in [-0.4, -0.2) is 42.3 Å². The molecule has 2 aliphatic rings.